The number of benzene rings is 1. The van der Waals surface area contributed by atoms with Crippen molar-refractivity contribution in [1.29, 1.82) is 0 Å². The summed E-state index contributed by atoms with van der Waals surface area (Å²) < 4.78 is 0. The Labute approximate surface area is 173 Å². The van der Waals surface area contributed by atoms with E-state index in [2.05, 4.69) is 41.7 Å². The Hall–Kier alpha value is -1.61. The monoisotopic (exact) mass is 388 g/mol. The van der Waals surface area contributed by atoms with Crippen LogP contribution in [0.25, 0.3) is 0 Å². The van der Waals surface area contributed by atoms with Gasteiger partial charge in [-0.25, -0.2) is 0 Å². The van der Waals surface area contributed by atoms with Crippen LogP contribution in [0.15, 0.2) is 42.0 Å². The Balaban J connectivity index is 1.20. The SMILES string of the molecule is NC1CCC(NC(=O)C23CC4/C(=C/C5CC5)C5CC(c6ccccc6)(C2)C453)CC1. The van der Waals surface area contributed by atoms with Crippen molar-refractivity contribution in [2.75, 3.05) is 0 Å². The van der Waals surface area contributed by atoms with Crippen molar-refractivity contribution >= 4 is 5.91 Å². The first-order valence-corrected chi connectivity index (χ1v) is 11.9. The summed E-state index contributed by atoms with van der Waals surface area (Å²) in [6.45, 7) is 0. The number of nitrogens with one attached hydrogen (secondary N) is 1. The molecule has 6 fully saturated rings. The second kappa shape index (κ2) is 5.35. The maximum Gasteiger partial charge on any atom is 0.227 e. The molecule has 0 aliphatic heterocycles. The number of allylic oxidation sites excluding steroid dienone is 2. The average molecular weight is 389 g/mol. The van der Waals surface area contributed by atoms with Crippen LogP contribution in [-0.4, -0.2) is 18.0 Å². The first-order valence-electron chi connectivity index (χ1n) is 11.9. The molecule has 0 heterocycles. The van der Waals surface area contributed by atoms with E-state index in [0.717, 1.165) is 44.4 Å². The quantitative estimate of drug-likeness (QED) is 0.764. The summed E-state index contributed by atoms with van der Waals surface area (Å²) in [7, 11) is 0. The predicted octanol–water partition coefficient (Wildman–Crippen LogP) is 4.08. The van der Waals surface area contributed by atoms with Crippen LogP contribution in [0, 0.1) is 28.6 Å². The molecule has 6 aliphatic rings. The van der Waals surface area contributed by atoms with Gasteiger partial charge >= 0.3 is 0 Å². The molecule has 1 spiro atoms. The number of hydrogen-bond donors (Lipinski definition) is 2. The van der Waals surface area contributed by atoms with E-state index in [1.807, 2.05) is 0 Å². The summed E-state index contributed by atoms with van der Waals surface area (Å²) in [4.78, 5) is 13.7. The van der Waals surface area contributed by atoms with Crippen LogP contribution in [-0.2, 0) is 10.2 Å². The van der Waals surface area contributed by atoms with E-state index in [-0.39, 0.29) is 16.2 Å². The van der Waals surface area contributed by atoms with Crippen LogP contribution in [0.4, 0.5) is 0 Å². The van der Waals surface area contributed by atoms with Gasteiger partial charge in [-0.2, -0.15) is 0 Å². The molecule has 0 aromatic heterocycles. The lowest BCUT2D eigenvalue weighted by Gasteiger charge is -2.95. The van der Waals surface area contributed by atoms with Crippen LogP contribution in [0.3, 0.4) is 0 Å². The number of amides is 1. The molecule has 152 valence electrons. The molecule has 3 nitrogen and oxygen atoms in total. The van der Waals surface area contributed by atoms with Gasteiger partial charge < -0.3 is 11.1 Å². The molecule has 0 bridgehead atoms. The largest absolute Gasteiger partial charge is 0.353 e. The average Bonchev–Trinajstić information content (AvgIpc) is 3.50. The van der Waals surface area contributed by atoms with E-state index in [1.54, 1.807) is 5.57 Å². The second-order valence-corrected chi connectivity index (χ2v) is 11.2. The lowest BCUT2D eigenvalue weighted by Crippen LogP contribution is -2.95. The fourth-order valence-electron chi connectivity index (χ4n) is 8.81. The third-order valence-electron chi connectivity index (χ3n) is 10.1. The zero-order chi connectivity index (χ0) is 19.4. The van der Waals surface area contributed by atoms with Crippen molar-refractivity contribution in [1.82, 2.24) is 5.32 Å². The zero-order valence-electron chi connectivity index (χ0n) is 17.2. The second-order valence-electron chi connectivity index (χ2n) is 11.2. The number of carbonyl (C=O) groups excluding carboxylic acids is 1. The first-order chi connectivity index (χ1) is 14.1. The minimum Gasteiger partial charge on any atom is -0.353 e. The van der Waals surface area contributed by atoms with Gasteiger partial charge in [-0.15, -0.1) is 0 Å². The van der Waals surface area contributed by atoms with Gasteiger partial charge in [-0.1, -0.05) is 42.0 Å². The van der Waals surface area contributed by atoms with Crippen molar-refractivity contribution in [3.8, 4) is 0 Å². The van der Waals surface area contributed by atoms with Crippen molar-refractivity contribution in [2.24, 2.45) is 34.3 Å². The van der Waals surface area contributed by atoms with Crippen LogP contribution in [0.2, 0.25) is 0 Å². The number of rotatable bonds is 4. The number of hydrogen-bond acceptors (Lipinski definition) is 2. The van der Waals surface area contributed by atoms with Gasteiger partial charge in [-0.3, -0.25) is 4.79 Å². The molecular formula is C26H32N2O. The highest BCUT2D eigenvalue weighted by molar-refractivity contribution is 5.91. The van der Waals surface area contributed by atoms with E-state index in [1.165, 1.54) is 24.8 Å². The Morgan fingerprint density at radius 2 is 1.72 bits per heavy atom. The molecule has 6 aliphatic carbocycles. The number of carbonyl (C=O) groups is 1. The van der Waals surface area contributed by atoms with E-state index in [4.69, 9.17) is 5.73 Å². The Kier molecular flexibility index (Phi) is 3.16. The number of nitrogens with two attached hydrogens (primary N) is 1. The standard InChI is InChI=1S/C26H32N2O/c27-18-8-10-19(11-9-18)28-23(29)25-14-22-20(12-16-6-7-16)21-13-24(15-25,26(21,22)25)17-4-2-1-3-5-17/h1-5,12,16,18-19,21-22H,6-11,13-15,27H2,(H,28,29)/b20-12+. The lowest BCUT2D eigenvalue weighted by molar-refractivity contribution is -0.397. The molecule has 5 atom stereocenters. The third-order valence-corrected chi connectivity index (χ3v) is 10.1. The Bertz CT molecular complexity index is 902. The van der Waals surface area contributed by atoms with Crippen LogP contribution >= 0.6 is 0 Å². The van der Waals surface area contributed by atoms with Crippen molar-refractivity contribution in [3.05, 3.63) is 47.5 Å². The lowest BCUT2D eigenvalue weighted by atomic mass is 9.06. The molecular weight excluding hydrogens is 356 g/mol. The van der Waals surface area contributed by atoms with Crippen LogP contribution in [0.5, 0.6) is 0 Å². The minimum atomic E-state index is -0.0864. The van der Waals surface area contributed by atoms with Gasteiger partial charge in [0.15, 0.2) is 0 Å². The zero-order valence-corrected chi connectivity index (χ0v) is 17.2. The van der Waals surface area contributed by atoms with Gasteiger partial charge in [-0.05, 0) is 81.1 Å². The van der Waals surface area contributed by atoms with Crippen molar-refractivity contribution in [3.63, 3.8) is 0 Å². The molecule has 1 aromatic rings. The Morgan fingerprint density at radius 3 is 2.41 bits per heavy atom. The highest BCUT2D eigenvalue weighted by atomic mass is 16.2. The summed E-state index contributed by atoms with van der Waals surface area (Å²) in [5, 5.41) is 3.51. The minimum absolute atomic E-state index is 0.0864. The maximum atomic E-state index is 13.7. The molecule has 29 heavy (non-hydrogen) atoms. The van der Waals surface area contributed by atoms with Crippen LogP contribution in [0.1, 0.15) is 63.4 Å². The van der Waals surface area contributed by atoms with Gasteiger partial charge in [0.2, 0.25) is 5.91 Å². The molecule has 1 aromatic carbocycles. The predicted molar refractivity (Wildman–Crippen MR) is 113 cm³/mol. The molecule has 3 N–H and O–H groups in total. The van der Waals surface area contributed by atoms with Gasteiger partial charge in [0.25, 0.3) is 0 Å². The van der Waals surface area contributed by atoms with E-state index < -0.39 is 0 Å². The van der Waals surface area contributed by atoms with E-state index in [0.29, 0.717) is 29.8 Å². The van der Waals surface area contributed by atoms with Gasteiger partial charge in [0.1, 0.15) is 0 Å². The maximum absolute atomic E-state index is 13.7. The highest BCUT2D eigenvalue weighted by Crippen LogP contribution is 2.98. The molecule has 6 saturated carbocycles. The first kappa shape index (κ1) is 17.1. The molecule has 3 heteroatoms. The smallest absolute Gasteiger partial charge is 0.227 e. The summed E-state index contributed by atoms with van der Waals surface area (Å²) in [6, 6.07) is 11.8. The summed E-state index contributed by atoms with van der Waals surface area (Å²) >= 11 is 0. The summed E-state index contributed by atoms with van der Waals surface area (Å²) in [5.74, 6) is 2.60. The molecule has 5 unspecified atom stereocenters. The van der Waals surface area contributed by atoms with Gasteiger partial charge in [0.05, 0.1) is 5.41 Å². The fraction of sp³-hybridized carbons (Fsp3) is 0.654. The Morgan fingerprint density at radius 1 is 1.00 bits per heavy atom. The van der Waals surface area contributed by atoms with Gasteiger partial charge in [0, 0.05) is 22.9 Å². The summed E-state index contributed by atoms with van der Waals surface area (Å²) in [5.41, 5.74) is 9.75. The fourth-order valence-corrected chi connectivity index (χ4v) is 8.81. The van der Waals surface area contributed by atoms with Crippen molar-refractivity contribution < 1.29 is 4.79 Å². The van der Waals surface area contributed by atoms with E-state index >= 15 is 0 Å². The van der Waals surface area contributed by atoms with E-state index in [9.17, 15) is 4.79 Å². The molecule has 0 saturated heterocycles. The molecule has 7 rings (SSSR count). The summed E-state index contributed by atoms with van der Waals surface area (Å²) in [6.07, 6.45) is 13.1. The highest BCUT2D eigenvalue weighted by Gasteiger charge is 2.97. The molecule has 1 amide bonds. The van der Waals surface area contributed by atoms with Crippen LogP contribution < -0.4 is 11.1 Å². The third kappa shape index (κ3) is 1.80. The topological polar surface area (TPSA) is 55.1 Å². The molecule has 0 radical (unpaired) electrons. The normalized spacial score (nSPS) is 50.2. The van der Waals surface area contributed by atoms with Crippen molar-refractivity contribution in [2.45, 2.75) is 75.3 Å².